The lowest BCUT2D eigenvalue weighted by molar-refractivity contribution is 0.378. The van der Waals surface area contributed by atoms with Gasteiger partial charge in [0.05, 0.1) is 0 Å². The van der Waals surface area contributed by atoms with Gasteiger partial charge in [0.1, 0.15) is 8.24 Å². The first-order valence-corrected chi connectivity index (χ1v) is 17.5. The smallest absolute Gasteiger partial charge is 0.243 e. The largest absolute Gasteiger partial charge is 0.434 e. The van der Waals surface area contributed by atoms with Gasteiger partial charge in [0.2, 0.25) is 17.0 Å². The number of hydrogen-bond donors (Lipinski definition) is 0. The van der Waals surface area contributed by atoms with Crippen molar-refractivity contribution in [2.24, 2.45) is 0 Å². The normalized spacial score (nSPS) is 21.3. The Hall–Kier alpha value is 0.571. The molecule has 0 saturated carbocycles. The summed E-state index contributed by atoms with van der Waals surface area (Å²) in [7, 11) is -4.40. The van der Waals surface area contributed by atoms with E-state index in [0.717, 1.165) is 0 Å². The topological polar surface area (TPSA) is 12.5 Å². The molecule has 0 bridgehead atoms. The molecule has 1 fully saturated rings. The van der Waals surface area contributed by atoms with Crippen molar-refractivity contribution in [1.82, 2.24) is 3.90 Å². The summed E-state index contributed by atoms with van der Waals surface area (Å²) in [6, 6.07) is 4.58. The van der Waals surface area contributed by atoms with Crippen LogP contribution in [0.4, 0.5) is 0 Å². The van der Waals surface area contributed by atoms with Gasteiger partial charge in [0, 0.05) is 0 Å². The Bertz CT molecular complexity index is 285. The fraction of sp³-hybridized carbons (Fsp3) is 1.00. The molecule has 2 nitrogen and oxygen atoms in total. The highest BCUT2D eigenvalue weighted by molar-refractivity contribution is 7.10. The molecule has 1 aliphatic heterocycles. The average molecular weight is 346 g/mol. The maximum absolute atomic E-state index is 6.51. The van der Waals surface area contributed by atoms with Crippen molar-refractivity contribution in [3.8, 4) is 0 Å². The van der Waals surface area contributed by atoms with Gasteiger partial charge in [-0.3, -0.25) is 0 Å². The Kier molecular flexibility index (Phi) is 7.38. The summed E-state index contributed by atoms with van der Waals surface area (Å²) in [5.74, 6) is 0. The van der Waals surface area contributed by atoms with Gasteiger partial charge in [0.15, 0.2) is 0 Å². The van der Waals surface area contributed by atoms with E-state index in [9.17, 15) is 0 Å². The summed E-state index contributed by atoms with van der Waals surface area (Å²) in [5, 5.41) is 0. The minimum absolute atomic E-state index is 1.31. The van der Waals surface area contributed by atoms with E-state index in [0.29, 0.717) is 0 Å². The molecule has 21 heavy (non-hydrogen) atoms. The molecule has 1 heterocycles. The highest BCUT2D eigenvalue weighted by Crippen LogP contribution is 2.45. The number of rotatable bonds is 10. The van der Waals surface area contributed by atoms with Gasteiger partial charge < -0.3 is 8.01 Å². The molecule has 0 spiro atoms. The molecular formula is C16H39NOSi3. The number of nitrogens with zero attached hydrogens (tertiary/aromatic N) is 1. The maximum Gasteiger partial charge on any atom is 0.243 e. The highest BCUT2D eigenvalue weighted by atomic mass is 28.6. The summed E-state index contributed by atoms with van der Waals surface area (Å²) in [6.07, 6.45) is 8.37. The molecule has 0 N–H and O–H groups in total. The maximum atomic E-state index is 6.51. The van der Waals surface area contributed by atoms with Gasteiger partial charge in [-0.1, -0.05) is 59.3 Å². The molecule has 0 aromatic heterocycles. The monoisotopic (exact) mass is 345 g/mol. The van der Waals surface area contributed by atoms with E-state index in [1.165, 1.54) is 56.7 Å². The summed E-state index contributed by atoms with van der Waals surface area (Å²) in [5.41, 5.74) is 0. The van der Waals surface area contributed by atoms with E-state index in [-0.39, 0.29) is 0 Å². The predicted molar refractivity (Wildman–Crippen MR) is 103 cm³/mol. The van der Waals surface area contributed by atoms with Gasteiger partial charge in [0.25, 0.3) is 0 Å². The average Bonchev–Trinajstić information content (AvgIpc) is 2.38. The molecule has 0 atom stereocenters. The van der Waals surface area contributed by atoms with Crippen molar-refractivity contribution in [1.29, 1.82) is 0 Å². The third kappa shape index (κ3) is 4.53. The molecule has 0 aromatic carbocycles. The zero-order chi connectivity index (χ0) is 16.1. The van der Waals surface area contributed by atoms with Crippen molar-refractivity contribution >= 4 is 25.2 Å². The fourth-order valence-electron chi connectivity index (χ4n) is 4.68. The van der Waals surface area contributed by atoms with Crippen LogP contribution in [0, 0.1) is 0 Å². The summed E-state index contributed by atoms with van der Waals surface area (Å²) < 4.78 is 9.64. The van der Waals surface area contributed by atoms with Crippen molar-refractivity contribution < 1.29 is 4.12 Å². The lowest BCUT2D eigenvalue weighted by atomic mass is 10.4. The van der Waals surface area contributed by atoms with Crippen LogP contribution in [0.3, 0.4) is 0 Å². The van der Waals surface area contributed by atoms with Gasteiger partial charge >= 0.3 is 0 Å². The Labute approximate surface area is 137 Å². The standard InChI is InChI=1S/C16H39NOSi3/c1-8-11-14-21(15-12-9-2,16-13-10-3)17-19(4,5)18-20(17,6)7/h8-16H2,1-7H3. The summed E-state index contributed by atoms with van der Waals surface area (Å²) in [4.78, 5) is 0. The zero-order valence-electron chi connectivity index (χ0n) is 15.7. The molecule has 0 aliphatic carbocycles. The molecule has 0 radical (unpaired) electrons. The predicted octanol–water partition coefficient (Wildman–Crippen LogP) is 6.07. The SMILES string of the molecule is CCCC[Si](CCCC)(CCCC)N1[Si](C)(C)O[Si]1(C)C. The summed E-state index contributed by atoms with van der Waals surface area (Å²) in [6.45, 7) is 16.9. The van der Waals surface area contributed by atoms with Gasteiger partial charge in [-0.2, -0.15) is 0 Å². The molecule has 0 aromatic rings. The number of hydrogen-bond acceptors (Lipinski definition) is 2. The quantitative estimate of drug-likeness (QED) is 0.446. The second-order valence-corrected chi connectivity index (χ2v) is 21.1. The minimum Gasteiger partial charge on any atom is -0.434 e. The fourth-order valence-corrected chi connectivity index (χ4v) is 31.6. The van der Waals surface area contributed by atoms with Gasteiger partial charge in [-0.15, -0.1) is 0 Å². The summed E-state index contributed by atoms with van der Waals surface area (Å²) >= 11 is 0. The lowest BCUT2D eigenvalue weighted by Gasteiger charge is -2.66. The number of unbranched alkanes of at least 4 members (excludes halogenated alkanes) is 3. The van der Waals surface area contributed by atoms with Crippen molar-refractivity contribution in [2.75, 3.05) is 0 Å². The lowest BCUT2D eigenvalue weighted by Crippen LogP contribution is -2.86. The first-order chi connectivity index (χ1) is 9.76. The Morgan fingerprint density at radius 3 is 1.29 bits per heavy atom. The molecule has 1 aliphatic rings. The third-order valence-electron chi connectivity index (χ3n) is 5.04. The van der Waals surface area contributed by atoms with Crippen LogP contribution in [0.1, 0.15) is 59.3 Å². The minimum atomic E-state index is -1.54. The van der Waals surface area contributed by atoms with Crippen LogP contribution in [0.25, 0.3) is 0 Å². The zero-order valence-corrected chi connectivity index (χ0v) is 18.7. The van der Waals surface area contributed by atoms with Gasteiger partial charge in [-0.25, -0.2) is 0 Å². The van der Waals surface area contributed by atoms with E-state index in [1.807, 2.05) is 0 Å². The molecule has 1 rings (SSSR count). The molecule has 126 valence electrons. The molecular weight excluding hydrogens is 306 g/mol. The van der Waals surface area contributed by atoms with E-state index < -0.39 is 25.2 Å². The van der Waals surface area contributed by atoms with Crippen molar-refractivity contribution in [2.45, 2.75) is 104 Å². The van der Waals surface area contributed by atoms with Crippen LogP contribution in [0.15, 0.2) is 0 Å². The van der Waals surface area contributed by atoms with Crippen molar-refractivity contribution in [3.05, 3.63) is 0 Å². The first kappa shape index (κ1) is 19.6. The Balaban J connectivity index is 3.05. The van der Waals surface area contributed by atoms with E-state index in [2.05, 4.69) is 50.9 Å². The van der Waals surface area contributed by atoms with E-state index in [1.54, 1.807) is 0 Å². The molecule has 5 heteroatoms. The van der Waals surface area contributed by atoms with Gasteiger partial charge in [-0.05, 0) is 44.3 Å². The van der Waals surface area contributed by atoms with Crippen molar-refractivity contribution in [3.63, 3.8) is 0 Å². The third-order valence-corrected chi connectivity index (χ3v) is 25.3. The second kappa shape index (κ2) is 7.90. The molecule has 1 saturated heterocycles. The Morgan fingerprint density at radius 1 is 0.714 bits per heavy atom. The van der Waals surface area contributed by atoms with Crippen LogP contribution in [0.2, 0.25) is 44.3 Å². The van der Waals surface area contributed by atoms with Crippen LogP contribution in [-0.4, -0.2) is 29.1 Å². The molecule has 0 unspecified atom stereocenters. The van der Waals surface area contributed by atoms with Crippen LogP contribution in [0.5, 0.6) is 0 Å². The van der Waals surface area contributed by atoms with Crippen LogP contribution in [-0.2, 0) is 4.12 Å². The van der Waals surface area contributed by atoms with Crippen LogP contribution < -0.4 is 0 Å². The second-order valence-electron chi connectivity index (χ2n) is 7.87. The Morgan fingerprint density at radius 2 is 1.05 bits per heavy atom. The van der Waals surface area contributed by atoms with E-state index >= 15 is 0 Å². The highest BCUT2D eigenvalue weighted by Gasteiger charge is 2.63. The molecule has 0 amide bonds. The van der Waals surface area contributed by atoms with Crippen LogP contribution >= 0.6 is 0 Å². The first-order valence-electron chi connectivity index (χ1n) is 9.26. The van der Waals surface area contributed by atoms with E-state index in [4.69, 9.17) is 4.12 Å².